The molecular formula is C49H82O18. The Hall–Kier alpha value is -0.980. The quantitative estimate of drug-likeness (QED) is 0.1000. The number of aliphatic hydroxyl groups excluding tert-OH is 12. The van der Waals surface area contributed by atoms with Gasteiger partial charge >= 0.3 is 0 Å². The summed E-state index contributed by atoms with van der Waals surface area (Å²) in [6.45, 7) is 16.1. The molecule has 386 valence electrons. The van der Waals surface area contributed by atoms with E-state index < -0.39 is 135 Å². The van der Waals surface area contributed by atoms with Gasteiger partial charge in [0, 0.05) is 10.8 Å². The lowest BCUT2D eigenvalue weighted by Crippen LogP contribution is -2.70. The molecule has 3 heterocycles. The van der Waals surface area contributed by atoms with Crippen molar-refractivity contribution >= 4 is 0 Å². The normalized spacial score (nSPS) is 56.5. The van der Waals surface area contributed by atoms with Gasteiger partial charge in [0.15, 0.2) is 18.9 Å². The number of rotatable bonds is 10. The molecule has 0 aromatic carbocycles. The van der Waals surface area contributed by atoms with Crippen molar-refractivity contribution in [2.75, 3.05) is 26.4 Å². The molecule has 3 aliphatic heterocycles. The van der Waals surface area contributed by atoms with Gasteiger partial charge in [0.1, 0.15) is 73.2 Å². The van der Waals surface area contributed by atoms with Crippen LogP contribution in [0.15, 0.2) is 11.6 Å². The minimum absolute atomic E-state index is 0.0259. The first-order valence-electron chi connectivity index (χ1n) is 24.8. The molecule has 18 heteroatoms. The summed E-state index contributed by atoms with van der Waals surface area (Å²) in [7, 11) is 0. The Bertz CT molecular complexity index is 1780. The summed E-state index contributed by atoms with van der Waals surface area (Å²) in [6.07, 6.45) is -15.4. The molecule has 0 radical (unpaired) electrons. The summed E-state index contributed by atoms with van der Waals surface area (Å²) >= 11 is 0. The Balaban J connectivity index is 1.11. The number of allylic oxidation sites excluding steroid dienone is 2. The largest absolute Gasteiger partial charge is 0.396 e. The molecular weight excluding hydrogens is 877 g/mol. The van der Waals surface area contributed by atoms with E-state index in [-0.39, 0.29) is 51.9 Å². The molecule has 3 saturated heterocycles. The molecule has 12 N–H and O–H groups in total. The zero-order valence-corrected chi connectivity index (χ0v) is 40.5. The smallest absolute Gasteiger partial charge is 0.187 e. The van der Waals surface area contributed by atoms with Crippen LogP contribution in [0.5, 0.6) is 0 Å². The maximum Gasteiger partial charge on any atom is 0.187 e. The summed E-state index contributed by atoms with van der Waals surface area (Å²) < 4.78 is 37.5. The molecule has 0 spiro atoms. The van der Waals surface area contributed by atoms with Crippen LogP contribution in [-0.4, -0.2) is 192 Å². The molecule has 0 amide bonds. The van der Waals surface area contributed by atoms with Crippen molar-refractivity contribution in [2.24, 2.45) is 56.2 Å². The fourth-order valence-corrected chi connectivity index (χ4v) is 15.9. The van der Waals surface area contributed by atoms with Crippen molar-refractivity contribution in [2.45, 2.75) is 211 Å². The summed E-state index contributed by atoms with van der Waals surface area (Å²) in [5.74, 6) is 0.180. The lowest BCUT2D eigenvalue weighted by molar-refractivity contribution is -0.380. The van der Waals surface area contributed by atoms with Crippen LogP contribution in [-0.2, 0) is 28.4 Å². The number of fused-ring (bicyclic) bond motifs is 7. The number of ether oxygens (including phenoxy) is 6. The van der Waals surface area contributed by atoms with Crippen LogP contribution in [0.25, 0.3) is 0 Å². The Morgan fingerprint density at radius 3 is 1.64 bits per heavy atom. The van der Waals surface area contributed by atoms with Gasteiger partial charge in [-0.15, -0.1) is 0 Å². The van der Waals surface area contributed by atoms with Crippen LogP contribution < -0.4 is 0 Å². The highest BCUT2D eigenvalue weighted by Gasteiger charge is 2.72. The highest BCUT2D eigenvalue weighted by molar-refractivity contribution is 5.35. The highest BCUT2D eigenvalue weighted by Crippen LogP contribution is 2.77. The Morgan fingerprint density at radius 2 is 1.09 bits per heavy atom. The molecule has 67 heavy (non-hydrogen) atoms. The molecule has 0 bridgehead atoms. The van der Waals surface area contributed by atoms with E-state index >= 15 is 0 Å². The first-order valence-corrected chi connectivity index (χ1v) is 24.8. The van der Waals surface area contributed by atoms with Gasteiger partial charge in [-0.05, 0) is 96.7 Å². The van der Waals surface area contributed by atoms with Crippen LogP contribution in [0, 0.1) is 56.2 Å². The van der Waals surface area contributed by atoms with Crippen molar-refractivity contribution in [3.05, 3.63) is 11.6 Å². The monoisotopic (exact) mass is 959 g/mol. The zero-order valence-electron chi connectivity index (χ0n) is 40.5. The van der Waals surface area contributed by atoms with Gasteiger partial charge in [-0.3, -0.25) is 0 Å². The van der Waals surface area contributed by atoms with E-state index in [0.717, 1.165) is 32.1 Å². The topological polar surface area (TPSA) is 298 Å². The van der Waals surface area contributed by atoms with Gasteiger partial charge in [0.25, 0.3) is 0 Å². The summed E-state index contributed by atoms with van der Waals surface area (Å²) in [6, 6.07) is 0. The SMILES string of the molecule is C[C@@H]1C[C@]2(C)[C@@H](CC=C3[C@@H]4CC(C)(C)CC[C@]4(C)[C@@H](O[C@@H]4O[C@H](CO)[C@@H](O)[C@H](O)[C@H]4O)C[C@]32C)[C@@]2(C)CC[C@H](O[C@@H]3O[C@H](CO)[C@@H](O)[C@H](O)[C@H]3O[C@@H]3O[C@H](CO)[C@H](O)[C@H](O)[C@H]3O)[C@@](C)(CO)[C@H]12. The molecule has 7 fully saturated rings. The van der Waals surface area contributed by atoms with Crippen molar-refractivity contribution in [3.63, 3.8) is 0 Å². The summed E-state index contributed by atoms with van der Waals surface area (Å²) in [5, 5.41) is 129. The second-order valence-electron chi connectivity index (χ2n) is 24.1. The predicted octanol–water partition coefficient (Wildman–Crippen LogP) is -0.169. The predicted molar refractivity (Wildman–Crippen MR) is 236 cm³/mol. The van der Waals surface area contributed by atoms with Crippen molar-refractivity contribution < 1.29 is 89.7 Å². The van der Waals surface area contributed by atoms with Crippen molar-refractivity contribution in [1.29, 1.82) is 0 Å². The minimum Gasteiger partial charge on any atom is -0.396 e. The van der Waals surface area contributed by atoms with Gasteiger partial charge in [-0.1, -0.05) is 67.0 Å². The van der Waals surface area contributed by atoms with Crippen LogP contribution in [0.3, 0.4) is 0 Å². The number of hydrogen-bond acceptors (Lipinski definition) is 18. The average Bonchev–Trinajstić information content (AvgIpc) is 3.27. The highest BCUT2D eigenvalue weighted by atomic mass is 16.8. The van der Waals surface area contributed by atoms with Gasteiger partial charge in [-0.25, -0.2) is 0 Å². The number of hydrogen-bond donors (Lipinski definition) is 12. The van der Waals surface area contributed by atoms with E-state index in [1.165, 1.54) is 5.57 Å². The van der Waals surface area contributed by atoms with Crippen molar-refractivity contribution in [1.82, 2.24) is 0 Å². The third-order valence-corrected chi connectivity index (χ3v) is 19.8. The van der Waals surface area contributed by atoms with E-state index in [2.05, 4.69) is 54.5 Å². The third-order valence-electron chi connectivity index (χ3n) is 19.8. The standard InChI is InChI=1S/C49H82O18/c1-22-15-49(8)28(10-9-23-24-16-44(2,3)13-14-45(24,4)30(17-48(23,49)7)66-41-37(60)34(57)31(54)25(18-50)62-41)46(5)12-11-29(47(6,21-53)40(22)46)65-43-39(36(59)33(56)27(20-52)64-43)67-42-38(61)35(58)32(55)26(19-51)63-42/h9,22,24-43,50-61H,10-21H2,1-8H3/t22-,24+,25-,26-,27-,28+,29+,30+,31-,32+,33-,34+,35+,36+,37-,38-,39-,40-,41+,42+,43+,45+,46-,47-,48-,49-/m1/s1. The van der Waals surface area contributed by atoms with Crippen LogP contribution >= 0.6 is 0 Å². The van der Waals surface area contributed by atoms with Gasteiger partial charge < -0.3 is 89.7 Å². The minimum atomic E-state index is -1.82. The molecule has 8 aliphatic rings. The lowest BCUT2D eigenvalue weighted by Gasteiger charge is -2.73. The lowest BCUT2D eigenvalue weighted by atomic mass is 9.32. The van der Waals surface area contributed by atoms with Crippen LogP contribution in [0.4, 0.5) is 0 Å². The first-order chi connectivity index (χ1) is 31.3. The van der Waals surface area contributed by atoms with Gasteiger partial charge in [-0.2, -0.15) is 0 Å². The molecule has 0 unspecified atom stereocenters. The van der Waals surface area contributed by atoms with E-state index in [9.17, 15) is 61.3 Å². The molecule has 18 nitrogen and oxygen atoms in total. The summed E-state index contributed by atoms with van der Waals surface area (Å²) in [5.41, 5.74) is -0.804. The molecule has 8 rings (SSSR count). The fourth-order valence-electron chi connectivity index (χ4n) is 15.9. The van der Waals surface area contributed by atoms with E-state index in [0.29, 0.717) is 19.3 Å². The second-order valence-corrected chi connectivity index (χ2v) is 24.1. The number of aliphatic hydroxyl groups is 12. The maximum atomic E-state index is 11.7. The van der Waals surface area contributed by atoms with Gasteiger partial charge in [0.05, 0.1) is 38.6 Å². The molecule has 26 atom stereocenters. The molecule has 0 aromatic heterocycles. The second kappa shape index (κ2) is 18.5. The Labute approximate surface area is 394 Å². The molecule has 4 saturated carbocycles. The molecule has 0 aromatic rings. The van der Waals surface area contributed by atoms with Crippen LogP contribution in [0.2, 0.25) is 0 Å². The summed E-state index contributed by atoms with van der Waals surface area (Å²) in [4.78, 5) is 0. The maximum absolute atomic E-state index is 11.7. The Kier molecular flexibility index (Phi) is 14.5. The van der Waals surface area contributed by atoms with Crippen molar-refractivity contribution in [3.8, 4) is 0 Å². The van der Waals surface area contributed by atoms with E-state index in [1.54, 1.807) is 0 Å². The van der Waals surface area contributed by atoms with E-state index in [4.69, 9.17) is 28.4 Å². The van der Waals surface area contributed by atoms with Gasteiger partial charge in [0.2, 0.25) is 0 Å². The zero-order chi connectivity index (χ0) is 49.1. The first kappa shape index (κ1) is 52.3. The average molecular weight is 959 g/mol. The van der Waals surface area contributed by atoms with E-state index in [1.807, 2.05) is 6.92 Å². The fraction of sp³-hybridized carbons (Fsp3) is 0.959. The van der Waals surface area contributed by atoms with Crippen LogP contribution in [0.1, 0.15) is 107 Å². The third kappa shape index (κ3) is 8.15. The molecule has 5 aliphatic carbocycles. The Morgan fingerprint density at radius 1 is 0.567 bits per heavy atom.